The number of esters is 1. The van der Waals surface area contributed by atoms with Gasteiger partial charge in [0, 0.05) is 0 Å². The van der Waals surface area contributed by atoms with Crippen LogP contribution in [-0.2, 0) is 14.1 Å². The summed E-state index contributed by atoms with van der Waals surface area (Å²) in [5, 5.41) is 0. The number of methoxy groups -OCH3 is 1. The minimum Gasteiger partial charge on any atom is -0.469 e. The second-order valence-electron chi connectivity index (χ2n) is 1.22. The van der Waals surface area contributed by atoms with Crippen LogP contribution >= 0.6 is 8.46 Å². The lowest BCUT2D eigenvalue weighted by Gasteiger charge is -1.88. The first-order chi connectivity index (χ1) is 3.81. The minimum atomic E-state index is -0.397. The minimum absolute atomic E-state index is 0.262. The molecule has 0 aliphatic heterocycles. The first-order valence-electron chi connectivity index (χ1n) is 2.23. The van der Waals surface area contributed by atoms with E-state index in [1.165, 1.54) is 7.11 Å². The van der Waals surface area contributed by atoms with Crippen molar-refractivity contribution >= 4 is 14.4 Å². The molecule has 1 atom stereocenters. The van der Waals surface area contributed by atoms with Gasteiger partial charge in [-0.05, 0) is 0 Å². The van der Waals surface area contributed by atoms with Crippen LogP contribution in [0.15, 0.2) is 0 Å². The molecule has 0 fully saturated rings. The van der Waals surface area contributed by atoms with Gasteiger partial charge in [-0.2, -0.15) is 0 Å². The maximum Gasteiger partial charge on any atom is 0.325 e. The van der Waals surface area contributed by atoms with E-state index >= 15 is 0 Å². The SMILES string of the molecule is COC(=O)CC[PH+]=O. The molecule has 0 aromatic carbocycles. The lowest BCUT2D eigenvalue weighted by molar-refractivity contribution is -0.140. The lowest BCUT2D eigenvalue weighted by Crippen LogP contribution is -1.99. The number of rotatable bonds is 3. The molecule has 0 spiro atoms. The summed E-state index contributed by atoms with van der Waals surface area (Å²) in [6.07, 6.45) is 0.672. The highest BCUT2D eigenvalue weighted by Gasteiger charge is 2.01. The van der Waals surface area contributed by atoms with Crippen molar-refractivity contribution in [2.75, 3.05) is 13.3 Å². The van der Waals surface area contributed by atoms with Crippen LogP contribution in [0.3, 0.4) is 0 Å². The van der Waals surface area contributed by atoms with Crippen LogP contribution < -0.4 is 0 Å². The fraction of sp³-hybridized carbons (Fsp3) is 0.750. The van der Waals surface area contributed by atoms with Crippen molar-refractivity contribution in [3.63, 3.8) is 0 Å². The van der Waals surface area contributed by atoms with E-state index in [1.54, 1.807) is 0 Å². The molecule has 8 heavy (non-hydrogen) atoms. The van der Waals surface area contributed by atoms with Crippen molar-refractivity contribution < 1.29 is 14.1 Å². The monoisotopic (exact) mass is 135 g/mol. The molecule has 0 aromatic heterocycles. The first kappa shape index (κ1) is 7.57. The number of ether oxygens (including phenoxy) is 1. The predicted molar refractivity (Wildman–Crippen MR) is 30.5 cm³/mol. The van der Waals surface area contributed by atoms with Crippen LogP contribution in [0.1, 0.15) is 6.42 Å². The molecule has 46 valence electrons. The quantitative estimate of drug-likeness (QED) is 0.419. The van der Waals surface area contributed by atoms with Crippen LogP contribution in [-0.4, -0.2) is 19.2 Å². The zero-order chi connectivity index (χ0) is 6.41. The molecule has 4 heteroatoms. The molecule has 0 heterocycles. The summed E-state index contributed by atoms with van der Waals surface area (Å²) >= 11 is 0. The third-order valence-electron chi connectivity index (χ3n) is 0.659. The average Bonchev–Trinajstić information content (AvgIpc) is 1.83. The second-order valence-corrected chi connectivity index (χ2v) is 2.01. The molecule has 0 aromatic rings. The molecule has 0 aliphatic carbocycles. The summed E-state index contributed by atoms with van der Waals surface area (Å²) in [7, 11) is 0.918. The Hall–Kier alpha value is -0.430. The first-order valence-corrected chi connectivity index (χ1v) is 3.34. The molecule has 1 unspecified atom stereocenters. The Bertz CT molecular complexity index is 91.3. The van der Waals surface area contributed by atoms with Crippen molar-refractivity contribution in [1.29, 1.82) is 0 Å². The zero-order valence-corrected chi connectivity index (χ0v) is 5.64. The maximum atomic E-state index is 10.2. The molecule has 0 rings (SSSR count). The largest absolute Gasteiger partial charge is 0.469 e. The van der Waals surface area contributed by atoms with E-state index in [-0.39, 0.29) is 12.4 Å². The van der Waals surface area contributed by atoms with E-state index in [4.69, 9.17) is 0 Å². The third kappa shape index (κ3) is 3.75. The fourth-order valence-corrected chi connectivity index (χ4v) is 0.561. The van der Waals surface area contributed by atoms with Crippen LogP contribution in [0.2, 0.25) is 0 Å². The van der Waals surface area contributed by atoms with Crippen molar-refractivity contribution in [1.82, 2.24) is 0 Å². The molecule has 0 saturated heterocycles. The van der Waals surface area contributed by atoms with Gasteiger partial charge in [0.25, 0.3) is 0 Å². The van der Waals surface area contributed by atoms with E-state index in [1.807, 2.05) is 0 Å². The molecular formula is C4H8O3P+. The van der Waals surface area contributed by atoms with Gasteiger partial charge in [-0.25, -0.2) is 0 Å². The van der Waals surface area contributed by atoms with Crippen LogP contribution in [0.5, 0.6) is 0 Å². The van der Waals surface area contributed by atoms with Crippen molar-refractivity contribution in [3.05, 3.63) is 0 Å². The summed E-state index contributed by atoms with van der Waals surface area (Å²) in [6, 6.07) is 0. The van der Waals surface area contributed by atoms with Gasteiger partial charge in [-0.15, -0.1) is 0 Å². The molecule has 0 bridgehead atoms. The van der Waals surface area contributed by atoms with Gasteiger partial charge in [-0.1, -0.05) is 4.57 Å². The van der Waals surface area contributed by atoms with Gasteiger partial charge in [0.2, 0.25) is 0 Å². The zero-order valence-electron chi connectivity index (χ0n) is 4.64. The maximum absolute atomic E-state index is 10.2. The Morgan fingerprint density at radius 3 is 2.75 bits per heavy atom. The highest BCUT2D eigenvalue weighted by molar-refractivity contribution is 7.23. The van der Waals surface area contributed by atoms with Crippen molar-refractivity contribution in [2.24, 2.45) is 0 Å². The third-order valence-corrected chi connectivity index (χ3v) is 1.11. The Morgan fingerprint density at radius 2 is 2.38 bits per heavy atom. The molecular weight excluding hydrogens is 127 g/mol. The molecule has 0 amide bonds. The van der Waals surface area contributed by atoms with Gasteiger partial charge in [0.15, 0.2) is 6.16 Å². The lowest BCUT2D eigenvalue weighted by atomic mass is 10.5. The Balaban J connectivity index is 3.11. The van der Waals surface area contributed by atoms with Gasteiger partial charge < -0.3 is 4.74 Å². The smallest absolute Gasteiger partial charge is 0.325 e. The van der Waals surface area contributed by atoms with Crippen molar-refractivity contribution in [3.8, 4) is 0 Å². The normalized spacial score (nSPS) is 9.12. The van der Waals surface area contributed by atoms with Gasteiger partial charge in [0.1, 0.15) is 0 Å². The number of hydrogen-bond acceptors (Lipinski definition) is 3. The summed E-state index contributed by atoms with van der Waals surface area (Å²) in [4.78, 5) is 10.2. The van der Waals surface area contributed by atoms with E-state index < -0.39 is 8.46 Å². The number of hydrogen-bond donors (Lipinski definition) is 0. The van der Waals surface area contributed by atoms with Gasteiger partial charge in [0.05, 0.1) is 13.5 Å². The predicted octanol–water partition coefficient (Wildman–Crippen LogP) is 0.573. The van der Waals surface area contributed by atoms with Gasteiger partial charge >= 0.3 is 14.4 Å². The molecule has 0 saturated carbocycles. The Labute approximate surface area is 49.2 Å². The van der Waals surface area contributed by atoms with Crippen LogP contribution in [0, 0.1) is 0 Å². The van der Waals surface area contributed by atoms with E-state index in [0.717, 1.165) is 0 Å². The van der Waals surface area contributed by atoms with Gasteiger partial charge in [-0.3, -0.25) is 4.79 Å². The second kappa shape index (κ2) is 4.72. The fourth-order valence-electron chi connectivity index (χ4n) is 0.255. The molecule has 0 aliphatic rings. The average molecular weight is 135 g/mol. The molecule has 3 nitrogen and oxygen atoms in total. The van der Waals surface area contributed by atoms with Crippen molar-refractivity contribution in [2.45, 2.75) is 6.42 Å². The molecule has 0 radical (unpaired) electrons. The summed E-state index contributed by atoms with van der Waals surface area (Å²) in [5.74, 6) is -0.298. The summed E-state index contributed by atoms with van der Waals surface area (Å²) in [6.45, 7) is 0. The van der Waals surface area contributed by atoms with E-state index in [2.05, 4.69) is 4.74 Å². The van der Waals surface area contributed by atoms with E-state index in [9.17, 15) is 9.36 Å². The Kier molecular flexibility index (Phi) is 4.47. The number of carbonyl (C=O) groups excluding carboxylic acids is 1. The topological polar surface area (TPSA) is 43.4 Å². The van der Waals surface area contributed by atoms with E-state index in [0.29, 0.717) is 6.16 Å². The highest BCUT2D eigenvalue weighted by atomic mass is 31.1. The summed E-state index contributed by atoms with van der Waals surface area (Å²) < 4.78 is 14.0. The number of carbonyl (C=O) groups is 1. The Morgan fingerprint density at radius 1 is 1.75 bits per heavy atom. The van der Waals surface area contributed by atoms with Crippen LogP contribution in [0.4, 0.5) is 0 Å². The summed E-state index contributed by atoms with van der Waals surface area (Å²) in [5.41, 5.74) is 0. The molecule has 0 N–H and O–H groups in total. The highest BCUT2D eigenvalue weighted by Crippen LogP contribution is 1.95. The standard InChI is InChI=1S/C4H7O3P/c1-7-4(5)2-3-8-6/h2-3H2,1H3/p+1. The van der Waals surface area contributed by atoms with Crippen LogP contribution in [0.25, 0.3) is 0 Å².